The highest BCUT2D eigenvalue weighted by molar-refractivity contribution is 5.91. The highest BCUT2D eigenvalue weighted by Crippen LogP contribution is 2.32. The molecule has 26 heavy (non-hydrogen) atoms. The third kappa shape index (κ3) is 4.03. The van der Waals surface area contributed by atoms with E-state index in [4.69, 9.17) is 14.6 Å². The Morgan fingerprint density at radius 2 is 1.88 bits per heavy atom. The SMILES string of the molecule is O=C(O)COc1ccc(C(=O)O)c(OCC2C=CC=C3C=CC=CC32)c1. The molecule has 0 aromatic heterocycles. The molecule has 0 amide bonds. The maximum absolute atomic E-state index is 11.4. The average molecular weight is 354 g/mol. The van der Waals surface area contributed by atoms with Crippen molar-refractivity contribution in [2.45, 2.75) is 0 Å². The van der Waals surface area contributed by atoms with E-state index in [-0.39, 0.29) is 28.9 Å². The van der Waals surface area contributed by atoms with Crippen LogP contribution < -0.4 is 9.47 Å². The molecule has 134 valence electrons. The number of hydrogen-bond donors (Lipinski definition) is 2. The largest absolute Gasteiger partial charge is 0.492 e. The van der Waals surface area contributed by atoms with Gasteiger partial charge in [-0.3, -0.25) is 0 Å². The molecule has 1 aromatic carbocycles. The van der Waals surface area contributed by atoms with E-state index >= 15 is 0 Å². The van der Waals surface area contributed by atoms with Crippen LogP contribution in [-0.4, -0.2) is 35.4 Å². The van der Waals surface area contributed by atoms with E-state index in [2.05, 4.69) is 6.08 Å². The second kappa shape index (κ2) is 7.74. The Bertz CT molecular complexity index is 831. The van der Waals surface area contributed by atoms with Gasteiger partial charge in [-0.2, -0.15) is 0 Å². The highest BCUT2D eigenvalue weighted by Gasteiger charge is 2.24. The van der Waals surface area contributed by atoms with Crippen molar-refractivity contribution < 1.29 is 29.3 Å². The molecule has 6 heteroatoms. The normalized spacial score (nSPS) is 20.2. The first-order valence-corrected chi connectivity index (χ1v) is 8.12. The summed E-state index contributed by atoms with van der Waals surface area (Å²) < 4.78 is 10.9. The monoisotopic (exact) mass is 354 g/mol. The number of carbonyl (C=O) groups is 2. The second-order valence-electron chi connectivity index (χ2n) is 5.94. The van der Waals surface area contributed by atoms with Crippen molar-refractivity contribution in [3.63, 3.8) is 0 Å². The third-order valence-corrected chi connectivity index (χ3v) is 4.19. The lowest BCUT2D eigenvalue weighted by Crippen LogP contribution is -2.23. The summed E-state index contributed by atoms with van der Waals surface area (Å²) in [5.74, 6) is -1.58. The van der Waals surface area contributed by atoms with Crippen LogP contribution in [0.15, 0.2) is 66.3 Å². The van der Waals surface area contributed by atoms with Crippen molar-refractivity contribution in [3.8, 4) is 11.5 Å². The number of allylic oxidation sites excluding steroid dienone is 7. The van der Waals surface area contributed by atoms with Crippen LogP contribution in [0.5, 0.6) is 11.5 Å². The number of rotatable bonds is 7. The van der Waals surface area contributed by atoms with E-state index in [1.807, 2.05) is 36.5 Å². The zero-order valence-electron chi connectivity index (χ0n) is 13.9. The molecule has 1 aromatic rings. The summed E-state index contributed by atoms with van der Waals surface area (Å²) >= 11 is 0. The van der Waals surface area contributed by atoms with Gasteiger partial charge < -0.3 is 19.7 Å². The zero-order valence-corrected chi connectivity index (χ0v) is 13.9. The standard InChI is InChI=1S/C20H18O6/c21-19(22)12-25-15-8-9-17(20(23)24)18(10-15)26-11-14-6-3-5-13-4-1-2-7-16(13)14/h1-10,14,16H,11-12H2,(H,21,22)(H,23,24). The fourth-order valence-corrected chi connectivity index (χ4v) is 2.94. The Labute approximate surface area is 150 Å². The Hall–Kier alpha value is -3.28. The van der Waals surface area contributed by atoms with Crippen molar-refractivity contribution >= 4 is 11.9 Å². The molecule has 0 saturated heterocycles. The number of aromatic carboxylic acids is 1. The molecule has 2 unspecified atom stereocenters. The molecule has 0 aliphatic heterocycles. The second-order valence-corrected chi connectivity index (χ2v) is 5.94. The number of carboxylic acid groups (broad SMARTS) is 2. The average Bonchev–Trinajstić information content (AvgIpc) is 2.64. The van der Waals surface area contributed by atoms with Gasteiger partial charge in [0, 0.05) is 17.9 Å². The van der Waals surface area contributed by atoms with Gasteiger partial charge in [0.15, 0.2) is 6.61 Å². The summed E-state index contributed by atoms with van der Waals surface area (Å²) in [5.41, 5.74) is 1.18. The lowest BCUT2D eigenvalue weighted by atomic mass is 9.80. The fraction of sp³-hybridized carbons (Fsp3) is 0.200. The molecular weight excluding hydrogens is 336 g/mol. The van der Waals surface area contributed by atoms with E-state index in [1.165, 1.54) is 23.8 Å². The molecule has 0 bridgehead atoms. The first-order valence-electron chi connectivity index (χ1n) is 8.12. The van der Waals surface area contributed by atoms with Crippen LogP contribution in [0.25, 0.3) is 0 Å². The lowest BCUT2D eigenvalue weighted by Gasteiger charge is -2.27. The molecule has 0 fully saturated rings. The summed E-state index contributed by atoms with van der Waals surface area (Å²) in [5, 5.41) is 18.0. The molecule has 2 aliphatic carbocycles. The van der Waals surface area contributed by atoms with Gasteiger partial charge in [0.25, 0.3) is 0 Å². The molecule has 2 N–H and O–H groups in total. The maximum Gasteiger partial charge on any atom is 0.341 e. The number of fused-ring (bicyclic) bond motifs is 1. The van der Waals surface area contributed by atoms with Crippen LogP contribution >= 0.6 is 0 Å². The van der Waals surface area contributed by atoms with Crippen LogP contribution in [0.4, 0.5) is 0 Å². The molecular formula is C20H18O6. The quantitative estimate of drug-likeness (QED) is 0.782. The predicted octanol–water partition coefficient (Wildman–Crippen LogP) is 3.08. The molecule has 2 atom stereocenters. The minimum absolute atomic E-state index is 0.00214. The predicted molar refractivity (Wildman–Crippen MR) is 94.5 cm³/mol. The van der Waals surface area contributed by atoms with Gasteiger partial charge in [0.05, 0.1) is 6.61 Å². The zero-order chi connectivity index (χ0) is 18.5. The van der Waals surface area contributed by atoms with Gasteiger partial charge in [0.2, 0.25) is 0 Å². The van der Waals surface area contributed by atoms with E-state index in [1.54, 1.807) is 0 Å². The van der Waals surface area contributed by atoms with Crippen molar-refractivity contribution in [1.82, 2.24) is 0 Å². The van der Waals surface area contributed by atoms with Crippen LogP contribution in [0.2, 0.25) is 0 Å². The molecule has 6 nitrogen and oxygen atoms in total. The first kappa shape index (κ1) is 17.5. The van der Waals surface area contributed by atoms with Crippen molar-refractivity contribution in [1.29, 1.82) is 0 Å². The Balaban J connectivity index is 1.74. The van der Waals surface area contributed by atoms with Gasteiger partial charge in [-0.1, -0.05) is 42.5 Å². The lowest BCUT2D eigenvalue weighted by molar-refractivity contribution is -0.139. The smallest absolute Gasteiger partial charge is 0.341 e. The number of ether oxygens (including phenoxy) is 2. The molecule has 3 rings (SSSR count). The van der Waals surface area contributed by atoms with Crippen LogP contribution in [0.1, 0.15) is 10.4 Å². The van der Waals surface area contributed by atoms with Gasteiger partial charge in [-0.15, -0.1) is 0 Å². The van der Waals surface area contributed by atoms with E-state index in [9.17, 15) is 14.7 Å². The van der Waals surface area contributed by atoms with E-state index < -0.39 is 18.5 Å². The van der Waals surface area contributed by atoms with Gasteiger partial charge in [-0.25, -0.2) is 9.59 Å². The molecule has 0 heterocycles. The highest BCUT2D eigenvalue weighted by atomic mass is 16.5. The topological polar surface area (TPSA) is 93.1 Å². The number of hydrogen-bond acceptors (Lipinski definition) is 4. The Morgan fingerprint density at radius 1 is 1.04 bits per heavy atom. The van der Waals surface area contributed by atoms with Gasteiger partial charge in [-0.05, 0) is 17.7 Å². The van der Waals surface area contributed by atoms with Crippen molar-refractivity contribution in [2.24, 2.45) is 11.8 Å². The minimum Gasteiger partial charge on any atom is -0.492 e. The molecule has 0 saturated carbocycles. The van der Waals surface area contributed by atoms with Crippen molar-refractivity contribution in [2.75, 3.05) is 13.2 Å². The van der Waals surface area contributed by atoms with Gasteiger partial charge >= 0.3 is 11.9 Å². The van der Waals surface area contributed by atoms with Gasteiger partial charge in [0.1, 0.15) is 17.1 Å². The van der Waals surface area contributed by atoms with Crippen LogP contribution in [-0.2, 0) is 4.79 Å². The first-order chi connectivity index (χ1) is 12.5. The molecule has 2 aliphatic rings. The summed E-state index contributed by atoms with van der Waals surface area (Å²) in [6, 6.07) is 4.17. The summed E-state index contributed by atoms with van der Waals surface area (Å²) in [4.78, 5) is 22.0. The summed E-state index contributed by atoms with van der Waals surface area (Å²) in [6.45, 7) is -0.218. The summed E-state index contributed by atoms with van der Waals surface area (Å²) in [6.07, 6.45) is 14.1. The number of benzene rings is 1. The number of aliphatic carboxylic acids is 1. The molecule has 0 radical (unpaired) electrons. The van der Waals surface area contributed by atoms with Crippen molar-refractivity contribution in [3.05, 3.63) is 71.9 Å². The van der Waals surface area contributed by atoms with Crippen LogP contribution in [0, 0.1) is 11.8 Å². The summed E-state index contributed by atoms with van der Waals surface area (Å²) in [7, 11) is 0. The van der Waals surface area contributed by atoms with Crippen LogP contribution in [0.3, 0.4) is 0 Å². The number of carboxylic acids is 2. The van der Waals surface area contributed by atoms with E-state index in [0.29, 0.717) is 6.61 Å². The molecule has 0 spiro atoms. The Kier molecular flexibility index (Phi) is 5.22. The third-order valence-electron chi connectivity index (χ3n) is 4.19. The Morgan fingerprint density at radius 3 is 2.65 bits per heavy atom. The maximum atomic E-state index is 11.4. The van der Waals surface area contributed by atoms with E-state index in [0.717, 1.165) is 0 Å². The minimum atomic E-state index is -1.12. The fourth-order valence-electron chi connectivity index (χ4n) is 2.94.